The lowest BCUT2D eigenvalue weighted by atomic mass is 10.3. The van der Waals surface area contributed by atoms with Crippen LogP contribution in [-0.4, -0.2) is 17.1 Å². The number of hydrogen-bond acceptors (Lipinski definition) is 1. The van der Waals surface area contributed by atoms with Gasteiger partial charge in [-0.05, 0) is 13.3 Å². The summed E-state index contributed by atoms with van der Waals surface area (Å²) in [5, 5.41) is 0.586. The topological polar surface area (TPSA) is 12.4 Å². The molecule has 0 heterocycles. The van der Waals surface area contributed by atoms with Gasteiger partial charge in [-0.1, -0.05) is 18.5 Å². The first-order valence-electron chi connectivity index (χ1n) is 2.96. The normalized spacial score (nSPS) is 15.8. The molecule has 9 heavy (non-hydrogen) atoms. The first-order valence-corrected chi connectivity index (χ1v) is 3.87. The monoisotopic (exact) mass is 167 g/mol. The highest BCUT2D eigenvalue weighted by molar-refractivity contribution is 6.64. The van der Waals surface area contributed by atoms with Gasteiger partial charge in [0.05, 0.1) is 11.2 Å². The van der Waals surface area contributed by atoms with Crippen molar-refractivity contribution in [1.82, 2.24) is 0 Å². The first kappa shape index (κ1) is 9.25. The van der Waals surface area contributed by atoms with E-state index in [2.05, 4.69) is 4.99 Å². The molecule has 0 saturated carbocycles. The van der Waals surface area contributed by atoms with E-state index in [4.69, 9.17) is 23.2 Å². The van der Waals surface area contributed by atoms with E-state index >= 15 is 0 Å². The van der Waals surface area contributed by atoms with Crippen molar-refractivity contribution in [2.75, 3.05) is 5.88 Å². The molecule has 0 aliphatic rings. The molecule has 0 aromatic carbocycles. The molecule has 3 heteroatoms. The minimum atomic E-state index is 0.198. The van der Waals surface area contributed by atoms with Gasteiger partial charge in [-0.15, -0.1) is 11.6 Å². The van der Waals surface area contributed by atoms with Crippen LogP contribution in [0.15, 0.2) is 4.99 Å². The zero-order chi connectivity index (χ0) is 7.28. The van der Waals surface area contributed by atoms with Gasteiger partial charge >= 0.3 is 0 Å². The Morgan fingerprint density at radius 1 is 1.67 bits per heavy atom. The first-order chi connectivity index (χ1) is 4.20. The maximum Gasteiger partial charge on any atom is 0.0975 e. The van der Waals surface area contributed by atoms with Gasteiger partial charge in [0, 0.05) is 5.88 Å². The van der Waals surface area contributed by atoms with Gasteiger partial charge in [0.25, 0.3) is 0 Å². The maximum atomic E-state index is 5.55. The smallest absolute Gasteiger partial charge is 0.0975 e. The molecule has 0 saturated heterocycles. The average molecular weight is 168 g/mol. The van der Waals surface area contributed by atoms with Crippen molar-refractivity contribution in [2.24, 2.45) is 4.99 Å². The number of aliphatic imine (C=N–C) groups is 1. The van der Waals surface area contributed by atoms with Gasteiger partial charge < -0.3 is 0 Å². The van der Waals surface area contributed by atoms with Crippen molar-refractivity contribution in [3.63, 3.8) is 0 Å². The van der Waals surface area contributed by atoms with Crippen LogP contribution in [0.5, 0.6) is 0 Å². The molecule has 0 radical (unpaired) electrons. The summed E-state index contributed by atoms with van der Waals surface area (Å²) >= 11 is 11.1. The molecule has 0 fully saturated rings. The van der Waals surface area contributed by atoms with Gasteiger partial charge in [-0.2, -0.15) is 0 Å². The summed E-state index contributed by atoms with van der Waals surface area (Å²) in [5.41, 5.74) is 0. The second-order valence-corrected chi connectivity index (χ2v) is 2.70. The largest absolute Gasteiger partial charge is 0.273 e. The van der Waals surface area contributed by atoms with Crippen LogP contribution in [0.25, 0.3) is 0 Å². The molecule has 1 atom stereocenters. The molecule has 0 aliphatic carbocycles. The Morgan fingerprint density at radius 3 is 2.33 bits per heavy atom. The predicted molar refractivity (Wildman–Crippen MR) is 43.8 cm³/mol. The van der Waals surface area contributed by atoms with Crippen LogP contribution >= 0.6 is 23.2 Å². The minimum Gasteiger partial charge on any atom is -0.273 e. The summed E-state index contributed by atoms with van der Waals surface area (Å²) in [6.07, 6.45) is 0.952. The van der Waals surface area contributed by atoms with E-state index in [1.807, 2.05) is 6.92 Å². The summed E-state index contributed by atoms with van der Waals surface area (Å²) in [6, 6.07) is 0.198. The van der Waals surface area contributed by atoms with Crippen molar-refractivity contribution in [1.29, 1.82) is 0 Å². The minimum absolute atomic E-state index is 0.198. The molecular weight excluding hydrogens is 157 g/mol. The molecule has 0 bridgehead atoms. The van der Waals surface area contributed by atoms with E-state index in [-0.39, 0.29) is 6.04 Å². The molecule has 1 unspecified atom stereocenters. The highest BCUT2D eigenvalue weighted by Gasteiger charge is 1.99. The second kappa shape index (κ2) is 5.07. The maximum absolute atomic E-state index is 5.55. The van der Waals surface area contributed by atoms with Crippen molar-refractivity contribution < 1.29 is 0 Å². The van der Waals surface area contributed by atoms with Crippen LogP contribution in [0.3, 0.4) is 0 Å². The standard InChI is InChI=1S/C6H11Cl2N/c1-3-6(4-7)9-5(2)8/h6H,3-4H2,1-2H3. The second-order valence-electron chi connectivity index (χ2n) is 1.84. The Bertz CT molecular complexity index is 93.2. The third-order valence-corrected chi connectivity index (χ3v) is 1.46. The number of rotatable bonds is 3. The van der Waals surface area contributed by atoms with Crippen molar-refractivity contribution in [2.45, 2.75) is 26.3 Å². The van der Waals surface area contributed by atoms with E-state index < -0.39 is 0 Å². The van der Waals surface area contributed by atoms with Gasteiger partial charge in [0.15, 0.2) is 0 Å². The molecule has 0 aromatic rings. The van der Waals surface area contributed by atoms with E-state index in [1.54, 1.807) is 6.92 Å². The molecule has 0 aliphatic heterocycles. The zero-order valence-electron chi connectivity index (χ0n) is 5.69. The van der Waals surface area contributed by atoms with E-state index in [0.717, 1.165) is 6.42 Å². The lowest BCUT2D eigenvalue weighted by Gasteiger charge is -2.02. The van der Waals surface area contributed by atoms with Crippen LogP contribution in [0.2, 0.25) is 0 Å². The average Bonchev–Trinajstić information content (AvgIpc) is 1.82. The van der Waals surface area contributed by atoms with Crippen LogP contribution < -0.4 is 0 Å². The van der Waals surface area contributed by atoms with Crippen molar-refractivity contribution in [3.05, 3.63) is 0 Å². The summed E-state index contributed by atoms with van der Waals surface area (Å²) in [4.78, 5) is 4.06. The summed E-state index contributed by atoms with van der Waals surface area (Å²) in [7, 11) is 0. The number of nitrogens with zero attached hydrogens (tertiary/aromatic N) is 1. The Labute approximate surface area is 66.1 Å². The molecule has 0 aromatic heterocycles. The van der Waals surface area contributed by atoms with Gasteiger partial charge in [-0.25, -0.2) is 0 Å². The van der Waals surface area contributed by atoms with E-state index in [1.165, 1.54) is 0 Å². The molecule has 54 valence electrons. The van der Waals surface area contributed by atoms with Gasteiger partial charge in [0.2, 0.25) is 0 Å². The van der Waals surface area contributed by atoms with Crippen LogP contribution in [0.4, 0.5) is 0 Å². The number of hydrogen-bond donors (Lipinski definition) is 0. The molecule has 0 spiro atoms. The summed E-state index contributed by atoms with van der Waals surface area (Å²) in [5.74, 6) is 0.556. The Balaban J connectivity index is 3.68. The van der Waals surface area contributed by atoms with Crippen LogP contribution in [0, 0.1) is 0 Å². The van der Waals surface area contributed by atoms with E-state index in [0.29, 0.717) is 11.1 Å². The van der Waals surface area contributed by atoms with Crippen LogP contribution in [0.1, 0.15) is 20.3 Å². The fourth-order valence-corrected chi connectivity index (χ4v) is 0.912. The molecule has 0 N–H and O–H groups in total. The van der Waals surface area contributed by atoms with Crippen LogP contribution in [-0.2, 0) is 0 Å². The third-order valence-electron chi connectivity index (χ3n) is 1.01. The fraction of sp³-hybridized carbons (Fsp3) is 0.833. The Morgan fingerprint density at radius 2 is 2.22 bits per heavy atom. The third kappa shape index (κ3) is 4.73. The molecule has 0 amide bonds. The van der Waals surface area contributed by atoms with E-state index in [9.17, 15) is 0 Å². The van der Waals surface area contributed by atoms with Crippen molar-refractivity contribution >= 4 is 28.4 Å². The lowest BCUT2D eigenvalue weighted by molar-refractivity contribution is 0.725. The number of alkyl halides is 1. The van der Waals surface area contributed by atoms with Crippen molar-refractivity contribution in [3.8, 4) is 0 Å². The quantitative estimate of drug-likeness (QED) is 0.453. The van der Waals surface area contributed by atoms with Gasteiger partial charge in [-0.3, -0.25) is 4.99 Å². The SMILES string of the molecule is CCC(CCl)N=C(C)Cl. The highest BCUT2D eigenvalue weighted by Crippen LogP contribution is 2.01. The Hall–Kier alpha value is 0.250. The molecule has 1 nitrogen and oxygen atoms in total. The summed E-state index contributed by atoms with van der Waals surface area (Å²) in [6.45, 7) is 3.80. The lowest BCUT2D eigenvalue weighted by Crippen LogP contribution is -2.05. The summed E-state index contributed by atoms with van der Waals surface area (Å²) < 4.78 is 0. The highest BCUT2D eigenvalue weighted by atomic mass is 35.5. The van der Waals surface area contributed by atoms with Gasteiger partial charge in [0.1, 0.15) is 0 Å². The zero-order valence-corrected chi connectivity index (χ0v) is 7.21. The molecular formula is C6H11Cl2N. The fourth-order valence-electron chi connectivity index (χ4n) is 0.486. The Kier molecular flexibility index (Phi) is 5.21. The number of halogens is 2. The molecule has 0 rings (SSSR count). The predicted octanol–water partition coefficient (Wildman–Crippen LogP) is 2.66.